The second-order valence-corrected chi connectivity index (χ2v) is 7.14. The van der Waals surface area contributed by atoms with Crippen LogP contribution in [0.15, 0.2) is 24.4 Å². The molecule has 1 saturated heterocycles. The number of halogens is 2. The fourth-order valence-corrected chi connectivity index (χ4v) is 3.51. The third-order valence-corrected chi connectivity index (χ3v) is 5.13. The molecule has 1 aliphatic heterocycles. The summed E-state index contributed by atoms with van der Waals surface area (Å²) in [6, 6.07) is 4.32. The Balaban J connectivity index is 1.61. The van der Waals surface area contributed by atoms with Crippen molar-refractivity contribution in [1.29, 1.82) is 0 Å². The maximum absolute atomic E-state index is 12.9. The lowest BCUT2D eigenvalue weighted by atomic mass is 10.1. The number of aromatic nitrogens is 2. The molecule has 1 aromatic carbocycles. The van der Waals surface area contributed by atoms with Crippen LogP contribution in [0, 0.1) is 6.92 Å². The molecule has 7 nitrogen and oxygen atoms in total. The van der Waals surface area contributed by atoms with E-state index >= 15 is 0 Å². The van der Waals surface area contributed by atoms with Gasteiger partial charge in [-0.25, -0.2) is 0 Å². The number of carbonyl (C=O) groups excluding carboxylic acids is 1. The Morgan fingerprint density at radius 1 is 1.17 bits per heavy atom. The molecular weight excluding hydrogens is 394 g/mol. The van der Waals surface area contributed by atoms with Gasteiger partial charge in [-0.15, -0.1) is 0 Å². The number of hydrogen-bond acceptors (Lipinski definition) is 5. The third-order valence-electron chi connectivity index (χ3n) is 5.13. The Bertz CT molecular complexity index is 864. The predicted octanol–water partition coefficient (Wildman–Crippen LogP) is 3.17. The van der Waals surface area contributed by atoms with Crippen LogP contribution in [0.3, 0.4) is 0 Å². The van der Waals surface area contributed by atoms with Gasteiger partial charge in [0, 0.05) is 56.6 Å². The number of benzene rings is 1. The number of hydrogen-bond donors (Lipinski definition) is 0. The molecular formula is C21H28F2N4O3. The highest BCUT2D eigenvalue weighted by molar-refractivity contribution is 5.95. The first-order valence-electron chi connectivity index (χ1n) is 10.2. The Labute approximate surface area is 175 Å². The zero-order valence-electron chi connectivity index (χ0n) is 17.6. The van der Waals surface area contributed by atoms with Gasteiger partial charge in [0.05, 0.1) is 12.3 Å². The SMILES string of the molecule is CCOc1cc(C(=O)N2CCN(Cc3cn(CC)nc3C)CC2)ccc1OC(F)F. The number of rotatable bonds is 8. The minimum Gasteiger partial charge on any atom is -0.490 e. The van der Waals surface area contributed by atoms with Crippen LogP contribution in [-0.2, 0) is 13.1 Å². The molecule has 1 aromatic heterocycles. The molecule has 0 aliphatic carbocycles. The average Bonchev–Trinajstić information content (AvgIpc) is 3.08. The monoisotopic (exact) mass is 422 g/mol. The number of ether oxygens (including phenoxy) is 2. The predicted molar refractivity (Wildman–Crippen MR) is 108 cm³/mol. The second-order valence-electron chi connectivity index (χ2n) is 7.14. The van der Waals surface area contributed by atoms with Gasteiger partial charge in [0.15, 0.2) is 11.5 Å². The quantitative estimate of drug-likeness (QED) is 0.654. The van der Waals surface area contributed by atoms with Crippen LogP contribution in [-0.4, -0.2) is 64.9 Å². The highest BCUT2D eigenvalue weighted by Crippen LogP contribution is 2.30. The summed E-state index contributed by atoms with van der Waals surface area (Å²) in [5.41, 5.74) is 2.63. The fourth-order valence-electron chi connectivity index (χ4n) is 3.51. The van der Waals surface area contributed by atoms with E-state index in [2.05, 4.69) is 27.9 Å². The van der Waals surface area contributed by atoms with E-state index in [1.165, 1.54) is 23.8 Å². The highest BCUT2D eigenvalue weighted by atomic mass is 19.3. The van der Waals surface area contributed by atoms with Crippen LogP contribution in [0.5, 0.6) is 11.5 Å². The van der Waals surface area contributed by atoms with Gasteiger partial charge in [-0.3, -0.25) is 14.4 Å². The molecule has 1 aliphatic rings. The van der Waals surface area contributed by atoms with Crippen LogP contribution in [0.1, 0.15) is 35.5 Å². The summed E-state index contributed by atoms with van der Waals surface area (Å²) >= 11 is 0. The fraction of sp³-hybridized carbons (Fsp3) is 0.524. The van der Waals surface area contributed by atoms with Crippen molar-refractivity contribution in [2.24, 2.45) is 0 Å². The van der Waals surface area contributed by atoms with Crippen molar-refractivity contribution >= 4 is 5.91 Å². The normalized spacial score (nSPS) is 14.9. The molecule has 3 rings (SSSR count). The standard InChI is InChI=1S/C21H28F2N4O3/c1-4-27-14-17(15(3)24-27)13-25-8-10-26(11-9-25)20(28)16-6-7-18(30-21(22)23)19(12-16)29-5-2/h6-7,12,14,21H,4-5,8-11,13H2,1-3H3. The summed E-state index contributed by atoms with van der Waals surface area (Å²) in [5, 5.41) is 4.48. The van der Waals surface area contributed by atoms with Crippen molar-refractivity contribution in [3.63, 3.8) is 0 Å². The number of alkyl halides is 2. The van der Waals surface area contributed by atoms with Crippen molar-refractivity contribution in [3.8, 4) is 11.5 Å². The average molecular weight is 422 g/mol. The number of piperazine rings is 1. The van der Waals surface area contributed by atoms with E-state index in [0.29, 0.717) is 18.7 Å². The number of amides is 1. The Hall–Kier alpha value is -2.68. The maximum Gasteiger partial charge on any atom is 0.387 e. The number of carbonyl (C=O) groups is 1. The Kier molecular flexibility index (Phi) is 7.25. The lowest BCUT2D eigenvalue weighted by Gasteiger charge is -2.34. The summed E-state index contributed by atoms with van der Waals surface area (Å²) in [5.74, 6) is -0.0731. The summed E-state index contributed by atoms with van der Waals surface area (Å²) in [6.07, 6.45) is 2.07. The molecule has 1 amide bonds. The van der Waals surface area contributed by atoms with Gasteiger partial charge in [0.25, 0.3) is 5.91 Å². The summed E-state index contributed by atoms with van der Waals surface area (Å²) in [4.78, 5) is 17.0. The molecule has 9 heteroatoms. The minimum atomic E-state index is -2.95. The van der Waals surface area contributed by atoms with Crippen LogP contribution in [0.4, 0.5) is 8.78 Å². The van der Waals surface area contributed by atoms with E-state index in [9.17, 15) is 13.6 Å². The molecule has 0 saturated carbocycles. The van der Waals surface area contributed by atoms with Crippen molar-refractivity contribution in [2.75, 3.05) is 32.8 Å². The minimum absolute atomic E-state index is 0.0729. The number of nitrogens with zero attached hydrogens (tertiary/aromatic N) is 4. The zero-order chi connectivity index (χ0) is 21.7. The first-order chi connectivity index (χ1) is 14.4. The van der Waals surface area contributed by atoms with Gasteiger partial charge in [-0.1, -0.05) is 0 Å². The van der Waals surface area contributed by atoms with Crippen LogP contribution in [0.25, 0.3) is 0 Å². The molecule has 0 N–H and O–H groups in total. The third kappa shape index (κ3) is 5.27. The topological polar surface area (TPSA) is 59.8 Å². The van der Waals surface area contributed by atoms with E-state index in [0.717, 1.165) is 31.9 Å². The van der Waals surface area contributed by atoms with Gasteiger partial charge in [0.2, 0.25) is 0 Å². The molecule has 2 heterocycles. The molecule has 164 valence electrons. The Morgan fingerprint density at radius 2 is 1.90 bits per heavy atom. The largest absolute Gasteiger partial charge is 0.490 e. The van der Waals surface area contributed by atoms with Crippen molar-refractivity contribution in [3.05, 3.63) is 41.2 Å². The Morgan fingerprint density at radius 3 is 2.50 bits per heavy atom. The molecule has 30 heavy (non-hydrogen) atoms. The highest BCUT2D eigenvalue weighted by Gasteiger charge is 2.24. The van der Waals surface area contributed by atoms with Gasteiger partial charge < -0.3 is 14.4 Å². The van der Waals surface area contributed by atoms with E-state index in [1.54, 1.807) is 11.8 Å². The molecule has 0 spiro atoms. The van der Waals surface area contributed by atoms with E-state index in [4.69, 9.17) is 4.74 Å². The van der Waals surface area contributed by atoms with Crippen LogP contribution < -0.4 is 9.47 Å². The lowest BCUT2D eigenvalue weighted by Crippen LogP contribution is -2.48. The lowest BCUT2D eigenvalue weighted by molar-refractivity contribution is -0.0514. The van der Waals surface area contributed by atoms with Crippen LogP contribution in [0.2, 0.25) is 0 Å². The smallest absolute Gasteiger partial charge is 0.387 e. The van der Waals surface area contributed by atoms with Gasteiger partial charge >= 0.3 is 6.61 Å². The van der Waals surface area contributed by atoms with E-state index < -0.39 is 6.61 Å². The second kappa shape index (κ2) is 9.88. The van der Waals surface area contributed by atoms with Crippen molar-refractivity contribution < 1.29 is 23.0 Å². The molecule has 2 aromatic rings. The van der Waals surface area contributed by atoms with E-state index in [1.807, 2.05) is 11.6 Å². The van der Waals surface area contributed by atoms with Gasteiger partial charge in [-0.05, 0) is 39.0 Å². The van der Waals surface area contributed by atoms with Gasteiger partial charge in [0.1, 0.15) is 0 Å². The first kappa shape index (κ1) is 22.0. The van der Waals surface area contributed by atoms with E-state index in [-0.39, 0.29) is 24.0 Å². The van der Waals surface area contributed by atoms with Crippen molar-refractivity contribution in [2.45, 2.75) is 40.5 Å². The molecule has 0 radical (unpaired) electrons. The molecule has 1 fully saturated rings. The molecule has 0 atom stereocenters. The van der Waals surface area contributed by atoms with Crippen molar-refractivity contribution in [1.82, 2.24) is 19.6 Å². The zero-order valence-corrected chi connectivity index (χ0v) is 17.6. The summed E-state index contributed by atoms with van der Waals surface area (Å²) < 4.78 is 36.9. The summed E-state index contributed by atoms with van der Waals surface area (Å²) in [7, 11) is 0. The molecule has 0 unspecified atom stereocenters. The summed E-state index contributed by atoms with van der Waals surface area (Å²) in [6.45, 7) is 7.50. The molecule has 0 bridgehead atoms. The van der Waals surface area contributed by atoms with Gasteiger partial charge in [-0.2, -0.15) is 13.9 Å². The van der Waals surface area contributed by atoms with Crippen LogP contribution >= 0.6 is 0 Å². The maximum atomic E-state index is 12.9. The first-order valence-corrected chi connectivity index (χ1v) is 10.2. The number of aryl methyl sites for hydroxylation is 2.